The van der Waals surface area contributed by atoms with Crippen molar-refractivity contribution in [2.75, 3.05) is 19.8 Å². The van der Waals surface area contributed by atoms with Gasteiger partial charge >= 0.3 is 11.9 Å². The number of ether oxygens (including phenoxy) is 3. The monoisotopic (exact) mass is 861 g/mol. The van der Waals surface area contributed by atoms with Crippen molar-refractivity contribution in [2.24, 2.45) is 0 Å². The molecule has 0 aromatic rings. The fraction of sp³-hybridized carbons (Fsp3) is 0.684. The Morgan fingerprint density at radius 2 is 0.726 bits per heavy atom. The summed E-state index contributed by atoms with van der Waals surface area (Å²) >= 11 is 0. The van der Waals surface area contributed by atoms with Gasteiger partial charge in [0.2, 0.25) is 0 Å². The Kier molecular flexibility index (Phi) is 49.5. The fourth-order valence-electron chi connectivity index (χ4n) is 6.77. The van der Waals surface area contributed by atoms with Crippen LogP contribution in [-0.4, -0.2) is 37.9 Å². The average molecular weight is 861 g/mol. The zero-order chi connectivity index (χ0) is 44.9. The van der Waals surface area contributed by atoms with Crippen LogP contribution in [0.4, 0.5) is 0 Å². The molecule has 0 saturated carbocycles. The number of carbonyl (C=O) groups is 2. The van der Waals surface area contributed by atoms with E-state index in [2.05, 4.69) is 118 Å². The molecule has 354 valence electrons. The quantitative estimate of drug-likeness (QED) is 0.0347. The van der Waals surface area contributed by atoms with Gasteiger partial charge in [0.25, 0.3) is 0 Å². The van der Waals surface area contributed by atoms with E-state index in [4.69, 9.17) is 14.2 Å². The van der Waals surface area contributed by atoms with Crippen molar-refractivity contribution >= 4 is 11.9 Å². The number of hydrogen-bond acceptors (Lipinski definition) is 5. The van der Waals surface area contributed by atoms with E-state index >= 15 is 0 Å². The van der Waals surface area contributed by atoms with Gasteiger partial charge in [0.05, 0.1) is 13.2 Å². The van der Waals surface area contributed by atoms with E-state index in [9.17, 15) is 9.59 Å². The summed E-state index contributed by atoms with van der Waals surface area (Å²) in [7, 11) is 0. The zero-order valence-corrected chi connectivity index (χ0v) is 40.6. The van der Waals surface area contributed by atoms with Crippen molar-refractivity contribution < 1.29 is 23.8 Å². The maximum atomic E-state index is 12.8. The molecule has 0 bridgehead atoms. The van der Waals surface area contributed by atoms with Crippen LogP contribution in [0.2, 0.25) is 0 Å². The molecule has 0 aliphatic rings. The number of carbonyl (C=O) groups excluding carboxylic acids is 2. The van der Waals surface area contributed by atoms with E-state index < -0.39 is 6.10 Å². The summed E-state index contributed by atoms with van der Waals surface area (Å²) in [5, 5.41) is 0. The minimum absolute atomic E-state index is 0.0406. The first-order valence-corrected chi connectivity index (χ1v) is 25.8. The van der Waals surface area contributed by atoms with E-state index in [1.165, 1.54) is 96.3 Å². The Morgan fingerprint density at radius 1 is 0.371 bits per heavy atom. The summed E-state index contributed by atoms with van der Waals surface area (Å²) in [6.45, 7) is 7.45. The van der Waals surface area contributed by atoms with E-state index in [1.54, 1.807) is 0 Å². The first-order valence-electron chi connectivity index (χ1n) is 25.8. The molecule has 0 aromatic heterocycles. The molecule has 0 heterocycles. The Hall–Kier alpha value is -3.18. The van der Waals surface area contributed by atoms with Crippen LogP contribution in [0.1, 0.15) is 226 Å². The molecule has 0 N–H and O–H groups in total. The minimum Gasteiger partial charge on any atom is -0.462 e. The Bertz CT molecular complexity index is 1200. The molecule has 0 radical (unpaired) electrons. The molecule has 0 rings (SSSR count). The van der Waals surface area contributed by atoms with Crippen LogP contribution in [0, 0.1) is 0 Å². The summed E-state index contributed by atoms with van der Waals surface area (Å²) in [6.07, 6.45) is 70.0. The van der Waals surface area contributed by atoms with Gasteiger partial charge in [-0.1, -0.05) is 201 Å². The van der Waals surface area contributed by atoms with Gasteiger partial charge in [-0.15, -0.1) is 0 Å². The maximum absolute atomic E-state index is 12.8. The lowest BCUT2D eigenvalue weighted by atomic mass is 10.1. The summed E-state index contributed by atoms with van der Waals surface area (Å²) < 4.78 is 17.3. The smallest absolute Gasteiger partial charge is 0.306 e. The highest BCUT2D eigenvalue weighted by molar-refractivity contribution is 5.70. The molecule has 0 aliphatic carbocycles. The topological polar surface area (TPSA) is 61.8 Å². The highest BCUT2D eigenvalue weighted by atomic mass is 16.6. The number of allylic oxidation sites excluding steroid dienone is 15. The summed E-state index contributed by atoms with van der Waals surface area (Å²) in [5.74, 6) is -0.466. The summed E-state index contributed by atoms with van der Waals surface area (Å²) in [5.41, 5.74) is 0. The van der Waals surface area contributed by atoms with E-state index in [0.717, 1.165) is 96.3 Å². The Balaban J connectivity index is 4.43. The van der Waals surface area contributed by atoms with Crippen LogP contribution in [0.5, 0.6) is 0 Å². The van der Waals surface area contributed by atoms with Crippen molar-refractivity contribution in [3.8, 4) is 0 Å². The van der Waals surface area contributed by atoms with Gasteiger partial charge in [0.15, 0.2) is 6.10 Å². The van der Waals surface area contributed by atoms with Crippen LogP contribution in [0.3, 0.4) is 0 Å². The van der Waals surface area contributed by atoms with E-state index in [0.29, 0.717) is 19.4 Å². The number of hydrogen-bond donors (Lipinski definition) is 0. The Labute approximate surface area is 383 Å². The molecule has 62 heavy (non-hydrogen) atoms. The number of rotatable bonds is 46. The van der Waals surface area contributed by atoms with Crippen LogP contribution in [0.25, 0.3) is 0 Å². The normalized spacial score (nSPS) is 13.0. The third kappa shape index (κ3) is 49.5. The van der Waals surface area contributed by atoms with Crippen molar-refractivity contribution in [1.82, 2.24) is 0 Å². The fourth-order valence-corrected chi connectivity index (χ4v) is 6.77. The largest absolute Gasteiger partial charge is 0.462 e. The number of unbranched alkanes of at least 4 members (excludes halogenated alkanes) is 19. The predicted molar refractivity (Wildman–Crippen MR) is 270 cm³/mol. The molecule has 1 atom stereocenters. The molecule has 0 fully saturated rings. The average Bonchev–Trinajstić information content (AvgIpc) is 3.27. The standard InChI is InChI=1S/C57H96O5/c1-4-7-10-13-16-19-22-25-28-31-34-37-40-43-46-49-52-60-53-55(62-57(59)51-48-45-42-39-36-33-30-27-24-21-18-15-12-9-6-3)54-61-56(58)50-47-44-41-38-35-32-29-26-23-20-17-14-11-8-5-2/h7,10,16-17,19-20,25-30,34,37,43,46,55H,4-6,8-9,11-15,18,21-24,31-33,35-36,38-42,44-45,47-54H2,1-3H3/b10-7-,19-16-,20-17-,28-25-,29-26-,30-27-,37-34-,46-43-. The van der Waals surface area contributed by atoms with Gasteiger partial charge in [-0.25, -0.2) is 0 Å². The van der Waals surface area contributed by atoms with Gasteiger partial charge in [0, 0.05) is 12.8 Å². The number of esters is 2. The van der Waals surface area contributed by atoms with Crippen LogP contribution < -0.4 is 0 Å². The van der Waals surface area contributed by atoms with E-state index in [1.807, 2.05) is 0 Å². The molecule has 0 spiro atoms. The van der Waals surface area contributed by atoms with Crippen molar-refractivity contribution in [2.45, 2.75) is 232 Å². The van der Waals surface area contributed by atoms with Crippen molar-refractivity contribution in [3.63, 3.8) is 0 Å². The second kappa shape index (κ2) is 52.2. The molecule has 0 amide bonds. The molecule has 0 aromatic carbocycles. The highest BCUT2D eigenvalue weighted by Crippen LogP contribution is 2.13. The molecule has 0 saturated heterocycles. The SMILES string of the molecule is CC/C=C\C/C=C\C/C=C\C/C=C\C/C=C\CCOCC(COC(=O)CCCCCCC/C=C\C/C=C\CCCCC)OC(=O)CCCCCCC/C=C\CCCCCCCC. The molecule has 1 unspecified atom stereocenters. The van der Waals surface area contributed by atoms with E-state index in [-0.39, 0.29) is 25.2 Å². The summed E-state index contributed by atoms with van der Waals surface area (Å²) in [4.78, 5) is 25.4. The maximum Gasteiger partial charge on any atom is 0.306 e. The molecule has 0 aliphatic heterocycles. The molecular weight excluding hydrogens is 765 g/mol. The van der Waals surface area contributed by atoms with Gasteiger partial charge in [-0.05, 0) is 109 Å². The first-order chi connectivity index (χ1) is 30.6. The van der Waals surface area contributed by atoms with Gasteiger partial charge in [-0.3, -0.25) is 9.59 Å². The first kappa shape index (κ1) is 58.8. The lowest BCUT2D eigenvalue weighted by Gasteiger charge is -2.18. The zero-order valence-electron chi connectivity index (χ0n) is 40.6. The lowest BCUT2D eigenvalue weighted by molar-refractivity contribution is -0.162. The van der Waals surface area contributed by atoms with Gasteiger partial charge in [-0.2, -0.15) is 0 Å². The van der Waals surface area contributed by atoms with Crippen LogP contribution in [0.15, 0.2) is 97.2 Å². The minimum atomic E-state index is -0.590. The lowest BCUT2D eigenvalue weighted by Crippen LogP contribution is -2.30. The predicted octanol–water partition coefficient (Wildman–Crippen LogP) is 17.5. The third-order valence-corrected chi connectivity index (χ3v) is 10.6. The molecule has 5 nitrogen and oxygen atoms in total. The second-order valence-corrected chi connectivity index (χ2v) is 16.7. The van der Waals surface area contributed by atoms with Gasteiger partial charge < -0.3 is 14.2 Å². The second-order valence-electron chi connectivity index (χ2n) is 16.7. The Morgan fingerprint density at radius 3 is 1.21 bits per heavy atom. The van der Waals surface area contributed by atoms with Crippen molar-refractivity contribution in [1.29, 1.82) is 0 Å². The summed E-state index contributed by atoms with van der Waals surface area (Å²) in [6, 6.07) is 0. The van der Waals surface area contributed by atoms with Crippen molar-refractivity contribution in [3.05, 3.63) is 97.2 Å². The molecular formula is C57H96O5. The van der Waals surface area contributed by atoms with Gasteiger partial charge in [0.1, 0.15) is 6.61 Å². The highest BCUT2D eigenvalue weighted by Gasteiger charge is 2.17. The van der Waals surface area contributed by atoms with Crippen LogP contribution in [-0.2, 0) is 23.8 Å². The van der Waals surface area contributed by atoms with Crippen LogP contribution >= 0.6 is 0 Å². The molecule has 5 heteroatoms. The third-order valence-electron chi connectivity index (χ3n) is 10.6.